The molecule has 2 aromatic rings. The van der Waals surface area contributed by atoms with Crippen molar-refractivity contribution in [1.29, 1.82) is 0 Å². The van der Waals surface area contributed by atoms with E-state index in [2.05, 4.69) is 17.3 Å². The molecular formula is C27H28Cl2F3N3O2. The molecule has 37 heavy (non-hydrogen) atoms. The zero-order chi connectivity index (χ0) is 26.5. The summed E-state index contributed by atoms with van der Waals surface area (Å²) in [5, 5.41) is 3.81. The van der Waals surface area contributed by atoms with Gasteiger partial charge < -0.3 is 10.2 Å². The smallest absolute Gasteiger partial charge is 0.343 e. The van der Waals surface area contributed by atoms with Crippen molar-refractivity contribution in [3.05, 3.63) is 69.2 Å². The van der Waals surface area contributed by atoms with Crippen LogP contribution < -0.4 is 5.32 Å². The number of rotatable bonds is 6. The van der Waals surface area contributed by atoms with E-state index in [4.69, 9.17) is 23.2 Å². The lowest BCUT2D eigenvalue weighted by atomic mass is 9.93. The number of halogens is 5. The summed E-state index contributed by atoms with van der Waals surface area (Å²) in [5.74, 6) is -0.518. The summed E-state index contributed by atoms with van der Waals surface area (Å²) in [6, 6.07) is 9.39. The second-order valence-corrected chi connectivity index (χ2v) is 11.3. The molecule has 5 nitrogen and oxygen atoms in total. The lowest BCUT2D eigenvalue weighted by Gasteiger charge is -2.40. The molecule has 3 fully saturated rings. The maximum absolute atomic E-state index is 13.8. The molecule has 1 aliphatic carbocycles. The molecule has 0 aromatic heterocycles. The molecule has 2 heterocycles. The summed E-state index contributed by atoms with van der Waals surface area (Å²) in [6.45, 7) is 1.14. The molecule has 1 N–H and O–H groups in total. The molecule has 198 valence electrons. The minimum absolute atomic E-state index is 0.0921. The molecule has 3 unspecified atom stereocenters. The van der Waals surface area contributed by atoms with Gasteiger partial charge in [0, 0.05) is 41.6 Å². The van der Waals surface area contributed by atoms with Gasteiger partial charge in [-0.3, -0.25) is 14.5 Å². The molecule has 3 atom stereocenters. The van der Waals surface area contributed by atoms with Crippen molar-refractivity contribution < 1.29 is 22.8 Å². The van der Waals surface area contributed by atoms with Gasteiger partial charge in [0.1, 0.15) is 6.04 Å². The van der Waals surface area contributed by atoms with Gasteiger partial charge in [-0.2, -0.15) is 13.2 Å². The number of likely N-dealkylation sites (N-methyl/N-ethyl adjacent to an activating group) is 1. The first-order valence-corrected chi connectivity index (χ1v) is 13.2. The molecule has 2 aliphatic heterocycles. The van der Waals surface area contributed by atoms with E-state index in [1.54, 1.807) is 23.1 Å². The minimum Gasteiger partial charge on any atom is -0.343 e. The fraction of sp³-hybridized carbons (Fsp3) is 0.481. The van der Waals surface area contributed by atoms with Crippen LogP contribution in [0, 0.1) is 0 Å². The van der Waals surface area contributed by atoms with E-state index in [-0.39, 0.29) is 30.3 Å². The van der Waals surface area contributed by atoms with Crippen LogP contribution in [-0.4, -0.2) is 59.9 Å². The number of benzene rings is 2. The lowest BCUT2D eigenvalue weighted by Crippen LogP contribution is -2.59. The largest absolute Gasteiger partial charge is 0.416 e. The van der Waals surface area contributed by atoms with Crippen molar-refractivity contribution in [2.75, 3.05) is 20.1 Å². The van der Waals surface area contributed by atoms with E-state index < -0.39 is 23.2 Å². The van der Waals surface area contributed by atoms with Crippen molar-refractivity contribution in [1.82, 2.24) is 15.1 Å². The van der Waals surface area contributed by atoms with Crippen LogP contribution in [0.2, 0.25) is 10.0 Å². The summed E-state index contributed by atoms with van der Waals surface area (Å²) in [7, 11) is 2.07. The quantitative estimate of drug-likeness (QED) is 0.543. The highest BCUT2D eigenvalue weighted by atomic mass is 35.5. The van der Waals surface area contributed by atoms with Crippen LogP contribution >= 0.6 is 23.2 Å². The molecule has 2 bridgehead atoms. The average molecular weight is 554 g/mol. The van der Waals surface area contributed by atoms with Crippen LogP contribution in [0.25, 0.3) is 0 Å². The van der Waals surface area contributed by atoms with Crippen molar-refractivity contribution in [3.63, 3.8) is 0 Å². The predicted molar refractivity (Wildman–Crippen MR) is 136 cm³/mol. The number of alkyl halides is 3. The molecule has 3 aliphatic rings. The molecule has 0 spiro atoms. The first-order valence-electron chi connectivity index (χ1n) is 12.4. The SMILES string of the molecule is CN1C2CCC1CN(C(=O)C(Cc1ccc(C(F)(F)F)cc1)NC(=O)C1(c3ccc(Cl)cc3Cl)CC1)C2. The van der Waals surface area contributed by atoms with Crippen molar-refractivity contribution in [2.45, 2.75) is 61.8 Å². The highest BCUT2D eigenvalue weighted by Gasteiger charge is 2.53. The van der Waals surface area contributed by atoms with Crippen molar-refractivity contribution in [2.24, 2.45) is 0 Å². The van der Waals surface area contributed by atoms with Crippen LogP contribution in [0.15, 0.2) is 42.5 Å². The van der Waals surface area contributed by atoms with Gasteiger partial charge in [-0.1, -0.05) is 41.4 Å². The number of fused-ring (bicyclic) bond motifs is 2. The van der Waals surface area contributed by atoms with Gasteiger partial charge in [0.05, 0.1) is 11.0 Å². The van der Waals surface area contributed by atoms with Crippen LogP contribution in [0.4, 0.5) is 13.2 Å². The van der Waals surface area contributed by atoms with E-state index in [9.17, 15) is 22.8 Å². The lowest BCUT2D eigenvalue weighted by molar-refractivity contribution is -0.139. The Balaban J connectivity index is 1.39. The summed E-state index contributed by atoms with van der Waals surface area (Å²) < 4.78 is 39.2. The summed E-state index contributed by atoms with van der Waals surface area (Å²) >= 11 is 12.5. The van der Waals surface area contributed by atoms with E-state index in [0.29, 0.717) is 47.1 Å². The monoisotopic (exact) mass is 553 g/mol. The normalized spacial score (nSPS) is 23.6. The number of nitrogens with one attached hydrogen (secondary N) is 1. The Kier molecular flexibility index (Phi) is 6.96. The third-order valence-corrected chi connectivity index (χ3v) is 8.66. The minimum atomic E-state index is -4.45. The van der Waals surface area contributed by atoms with Gasteiger partial charge in [-0.05, 0) is 68.1 Å². The molecule has 0 radical (unpaired) electrons. The maximum Gasteiger partial charge on any atom is 0.416 e. The first-order chi connectivity index (χ1) is 17.5. The van der Waals surface area contributed by atoms with Gasteiger partial charge in [0.2, 0.25) is 11.8 Å². The Morgan fingerprint density at radius 2 is 1.68 bits per heavy atom. The Hall–Kier alpha value is -2.29. The molecule has 2 aromatic carbocycles. The average Bonchev–Trinajstić information content (AvgIpc) is 3.61. The number of carbonyl (C=O) groups excluding carboxylic acids is 2. The van der Waals surface area contributed by atoms with Crippen LogP contribution in [-0.2, 0) is 27.6 Å². The second kappa shape index (κ2) is 9.79. The van der Waals surface area contributed by atoms with Gasteiger partial charge in [0.15, 0.2) is 0 Å². The number of piperazine rings is 1. The number of likely N-dealkylation sites (tertiary alicyclic amines) is 1. The number of nitrogens with zero attached hydrogens (tertiary/aromatic N) is 2. The fourth-order valence-corrected chi connectivity index (χ4v) is 6.29. The van der Waals surface area contributed by atoms with Gasteiger partial charge >= 0.3 is 6.18 Å². The van der Waals surface area contributed by atoms with Crippen LogP contribution in [0.3, 0.4) is 0 Å². The molecule has 1 saturated carbocycles. The maximum atomic E-state index is 13.8. The van der Waals surface area contributed by atoms with E-state index in [1.807, 2.05) is 0 Å². The van der Waals surface area contributed by atoms with Crippen LogP contribution in [0.5, 0.6) is 0 Å². The van der Waals surface area contributed by atoms with Crippen molar-refractivity contribution >= 4 is 35.0 Å². The van der Waals surface area contributed by atoms with Gasteiger partial charge in [-0.15, -0.1) is 0 Å². The predicted octanol–water partition coefficient (Wildman–Crippen LogP) is 5.08. The highest BCUT2D eigenvalue weighted by molar-refractivity contribution is 6.35. The number of hydrogen-bond acceptors (Lipinski definition) is 3. The molecule has 2 saturated heterocycles. The van der Waals surface area contributed by atoms with E-state index in [0.717, 1.165) is 25.0 Å². The zero-order valence-corrected chi connectivity index (χ0v) is 21.8. The Labute approximate surface area is 223 Å². The molecular weight excluding hydrogens is 526 g/mol. The second-order valence-electron chi connectivity index (χ2n) is 10.4. The summed E-state index contributed by atoms with van der Waals surface area (Å²) in [4.78, 5) is 31.5. The molecule has 2 amide bonds. The third kappa shape index (κ3) is 5.20. The number of hydrogen-bond donors (Lipinski definition) is 1. The summed E-state index contributed by atoms with van der Waals surface area (Å²) in [5.41, 5.74) is -0.401. The van der Waals surface area contributed by atoms with E-state index >= 15 is 0 Å². The first kappa shape index (κ1) is 26.3. The topological polar surface area (TPSA) is 52.6 Å². The van der Waals surface area contributed by atoms with Gasteiger partial charge in [-0.25, -0.2) is 0 Å². The molecule has 5 rings (SSSR count). The Bertz CT molecular complexity index is 1190. The van der Waals surface area contributed by atoms with Crippen LogP contribution in [0.1, 0.15) is 42.4 Å². The van der Waals surface area contributed by atoms with Crippen molar-refractivity contribution in [3.8, 4) is 0 Å². The number of carbonyl (C=O) groups is 2. The number of amides is 2. The Morgan fingerprint density at radius 3 is 2.22 bits per heavy atom. The standard InChI is InChI=1S/C27H28Cl2F3N3O2/c1-34-19-7-8-20(34)15-35(14-19)24(36)23(12-16-2-4-17(5-3-16)27(30,31)32)33-25(37)26(10-11-26)21-9-6-18(28)13-22(21)29/h2-6,9,13,19-20,23H,7-8,10-12,14-15H2,1H3,(H,33,37). The highest BCUT2D eigenvalue weighted by Crippen LogP contribution is 2.51. The summed E-state index contributed by atoms with van der Waals surface area (Å²) in [6.07, 6.45) is -1.16. The zero-order valence-electron chi connectivity index (χ0n) is 20.3. The van der Waals surface area contributed by atoms with E-state index in [1.165, 1.54) is 12.1 Å². The Morgan fingerprint density at radius 1 is 1.05 bits per heavy atom. The fourth-order valence-electron chi connectivity index (χ4n) is 5.70. The third-order valence-electron chi connectivity index (χ3n) is 8.11. The van der Waals surface area contributed by atoms with Gasteiger partial charge in [0.25, 0.3) is 0 Å². The molecule has 10 heteroatoms.